The summed E-state index contributed by atoms with van der Waals surface area (Å²) in [5, 5.41) is 0. The van der Waals surface area contributed by atoms with Gasteiger partial charge >= 0.3 is 0 Å². The number of carbonyl (C=O) groups is 1. The van der Waals surface area contributed by atoms with Crippen LogP contribution in [0.1, 0.15) is 15.9 Å². The van der Waals surface area contributed by atoms with Gasteiger partial charge in [-0.25, -0.2) is 0 Å². The van der Waals surface area contributed by atoms with Crippen molar-refractivity contribution in [2.75, 3.05) is 22.9 Å². The number of hydrogen-bond donors (Lipinski definition) is 1. The topological polar surface area (TPSA) is 56.4 Å². The highest BCUT2D eigenvalue weighted by molar-refractivity contribution is 6.08. The second kappa shape index (κ2) is 6.88. The summed E-state index contributed by atoms with van der Waals surface area (Å²) in [4.78, 5) is 31.1. The van der Waals surface area contributed by atoms with E-state index in [1.807, 2.05) is 42.5 Å². The van der Waals surface area contributed by atoms with Crippen LogP contribution in [-0.2, 0) is 6.54 Å². The Morgan fingerprint density at radius 1 is 0.923 bits per heavy atom. The van der Waals surface area contributed by atoms with Crippen LogP contribution in [0.2, 0.25) is 0 Å². The van der Waals surface area contributed by atoms with Crippen LogP contribution in [-0.4, -0.2) is 24.0 Å². The fourth-order valence-corrected chi connectivity index (χ4v) is 3.33. The van der Waals surface area contributed by atoms with Crippen molar-refractivity contribution in [1.82, 2.24) is 4.98 Å². The standard InChI is InChI=1S/C21H19N3O2/c25-20-14-17(10-11-22-20)21(26)24-13-12-23(15-16-6-2-1-3-7-16)18-8-4-5-9-19(18)24/h1-11,14H,12-13,15H2,(H,22,25). The minimum atomic E-state index is -0.271. The molecule has 130 valence electrons. The molecule has 1 aromatic heterocycles. The number of carbonyl (C=O) groups excluding carboxylic acids is 1. The molecular weight excluding hydrogens is 326 g/mol. The van der Waals surface area contributed by atoms with Gasteiger partial charge in [0.1, 0.15) is 0 Å². The van der Waals surface area contributed by atoms with Crippen LogP contribution < -0.4 is 15.4 Å². The number of nitrogens with zero attached hydrogens (tertiary/aromatic N) is 2. The summed E-state index contributed by atoms with van der Waals surface area (Å²) >= 11 is 0. The number of aromatic nitrogens is 1. The number of nitrogens with one attached hydrogen (secondary N) is 1. The van der Waals surface area contributed by atoms with E-state index in [9.17, 15) is 9.59 Å². The largest absolute Gasteiger partial charge is 0.364 e. The lowest BCUT2D eigenvalue weighted by Gasteiger charge is -2.37. The van der Waals surface area contributed by atoms with E-state index < -0.39 is 0 Å². The summed E-state index contributed by atoms with van der Waals surface area (Å²) in [6.45, 7) is 2.11. The first-order valence-corrected chi connectivity index (χ1v) is 8.61. The first-order chi connectivity index (χ1) is 12.7. The second-order valence-corrected chi connectivity index (χ2v) is 6.29. The molecule has 0 saturated heterocycles. The fraction of sp³-hybridized carbons (Fsp3) is 0.143. The molecule has 2 heterocycles. The van der Waals surface area contributed by atoms with E-state index in [4.69, 9.17) is 0 Å². The van der Waals surface area contributed by atoms with Crippen LogP contribution in [0.15, 0.2) is 77.7 Å². The molecule has 0 aliphatic carbocycles. The number of para-hydroxylation sites is 2. The Kier molecular flexibility index (Phi) is 4.27. The van der Waals surface area contributed by atoms with Gasteiger partial charge in [0.25, 0.3) is 5.91 Å². The van der Waals surface area contributed by atoms with Gasteiger partial charge in [0.2, 0.25) is 5.56 Å². The average molecular weight is 345 g/mol. The van der Waals surface area contributed by atoms with Crippen molar-refractivity contribution < 1.29 is 4.79 Å². The molecule has 0 bridgehead atoms. The van der Waals surface area contributed by atoms with Crippen LogP contribution in [0, 0.1) is 0 Å². The summed E-state index contributed by atoms with van der Waals surface area (Å²) in [6.07, 6.45) is 1.51. The van der Waals surface area contributed by atoms with Gasteiger partial charge in [0.05, 0.1) is 11.4 Å². The lowest BCUT2D eigenvalue weighted by Crippen LogP contribution is -2.44. The van der Waals surface area contributed by atoms with Gasteiger partial charge in [-0.1, -0.05) is 42.5 Å². The highest BCUT2D eigenvalue weighted by atomic mass is 16.2. The SMILES string of the molecule is O=C(c1cc[nH]c(=O)c1)N1CCN(Cc2ccccc2)c2ccccc21. The molecule has 0 spiro atoms. The Bertz CT molecular complexity index is 982. The number of pyridine rings is 1. The Labute approximate surface area is 151 Å². The zero-order chi connectivity index (χ0) is 17.9. The molecule has 3 aromatic rings. The van der Waals surface area contributed by atoms with Crippen molar-refractivity contribution >= 4 is 17.3 Å². The van der Waals surface area contributed by atoms with Crippen molar-refractivity contribution in [3.8, 4) is 0 Å². The van der Waals surface area contributed by atoms with Gasteiger partial charge in [-0.15, -0.1) is 0 Å². The van der Waals surface area contributed by atoms with Gasteiger partial charge in [-0.05, 0) is 23.8 Å². The highest BCUT2D eigenvalue weighted by Gasteiger charge is 2.27. The molecule has 5 nitrogen and oxygen atoms in total. The summed E-state index contributed by atoms with van der Waals surface area (Å²) in [5.74, 6) is -0.150. The minimum absolute atomic E-state index is 0.150. The van der Waals surface area contributed by atoms with Crippen molar-refractivity contribution in [2.45, 2.75) is 6.54 Å². The van der Waals surface area contributed by atoms with Gasteiger partial charge in [-0.3, -0.25) is 9.59 Å². The molecule has 5 heteroatoms. The number of anilines is 2. The monoisotopic (exact) mass is 345 g/mol. The van der Waals surface area contributed by atoms with Crippen molar-refractivity contribution in [3.63, 3.8) is 0 Å². The minimum Gasteiger partial charge on any atom is -0.364 e. The number of benzene rings is 2. The number of amides is 1. The third-order valence-electron chi connectivity index (χ3n) is 4.59. The summed E-state index contributed by atoms with van der Waals surface area (Å²) in [7, 11) is 0. The van der Waals surface area contributed by atoms with Gasteiger partial charge in [-0.2, -0.15) is 0 Å². The molecule has 4 rings (SSSR count). The van der Waals surface area contributed by atoms with E-state index in [0.717, 1.165) is 24.5 Å². The number of H-pyrrole nitrogens is 1. The van der Waals surface area contributed by atoms with Crippen molar-refractivity contribution in [3.05, 3.63) is 94.4 Å². The maximum Gasteiger partial charge on any atom is 0.258 e. The molecule has 2 aromatic carbocycles. The van der Waals surface area contributed by atoms with Gasteiger partial charge in [0, 0.05) is 37.5 Å². The number of hydrogen-bond acceptors (Lipinski definition) is 3. The fourth-order valence-electron chi connectivity index (χ4n) is 3.33. The second-order valence-electron chi connectivity index (χ2n) is 6.29. The number of rotatable bonds is 3. The Hall–Kier alpha value is -3.34. The van der Waals surface area contributed by atoms with E-state index in [1.54, 1.807) is 11.0 Å². The van der Waals surface area contributed by atoms with Crippen LogP contribution in [0.25, 0.3) is 0 Å². The van der Waals surface area contributed by atoms with E-state index in [-0.39, 0.29) is 11.5 Å². The Morgan fingerprint density at radius 2 is 1.65 bits per heavy atom. The third kappa shape index (κ3) is 3.11. The predicted molar refractivity (Wildman–Crippen MR) is 103 cm³/mol. The molecule has 1 aliphatic rings. The Morgan fingerprint density at radius 3 is 2.42 bits per heavy atom. The van der Waals surface area contributed by atoms with Crippen molar-refractivity contribution in [1.29, 1.82) is 0 Å². The van der Waals surface area contributed by atoms with Gasteiger partial charge in [0.15, 0.2) is 0 Å². The molecule has 0 atom stereocenters. The number of fused-ring (bicyclic) bond motifs is 1. The molecular formula is C21H19N3O2. The molecule has 1 aliphatic heterocycles. The molecule has 0 unspecified atom stereocenters. The summed E-state index contributed by atoms with van der Waals surface area (Å²) in [5.41, 5.74) is 3.27. The van der Waals surface area contributed by atoms with E-state index in [2.05, 4.69) is 22.0 Å². The van der Waals surface area contributed by atoms with Crippen LogP contribution in [0.3, 0.4) is 0 Å². The lowest BCUT2D eigenvalue weighted by molar-refractivity contribution is 0.0986. The first-order valence-electron chi connectivity index (χ1n) is 8.61. The molecule has 1 amide bonds. The summed E-state index contributed by atoms with van der Waals surface area (Å²) in [6, 6.07) is 21.2. The molecule has 0 radical (unpaired) electrons. The lowest BCUT2D eigenvalue weighted by atomic mass is 10.1. The van der Waals surface area contributed by atoms with E-state index in [1.165, 1.54) is 17.8 Å². The predicted octanol–water partition coefficient (Wildman–Crippen LogP) is 3.04. The molecule has 0 saturated carbocycles. The maximum absolute atomic E-state index is 12.9. The van der Waals surface area contributed by atoms with Gasteiger partial charge < -0.3 is 14.8 Å². The maximum atomic E-state index is 12.9. The normalized spacial score (nSPS) is 13.4. The molecule has 26 heavy (non-hydrogen) atoms. The van der Waals surface area contributed by atoms with E-state index >= 15 is 0 Å². The average Bonchev–Trinajstić information content (AvgIpc) is 2.68. The van der Waals surface area contributed by atoms with Crippen LogP contribution in [0.5, 0.6) is 0 Å². The zero-order valence-corrected chi connectivity index (χ0v) is 14.3. The smallest absolute Gasteiger partial charge is 0.258 e. The van der Waals surface area contributed by atoms with Crippen molar-refractivity contribution in [2.24, 2.45) is 0 Å². The van der Waals surface area contributed by atoms with Crippen LogP contribution >= 0.6 is 0 Å². The zero-order valence-electron chi connectivity index (χ0n) is 14.3. The third-order valence-corrected chi connectivity index (χ3v) is 4.59. The first kappa shape index (κ1) is 16.1. The Balaban J connectivity index is 1.65. The summed E-state index contributed by atoms with van der Waals surface area (Å²) < 4.78 is 0. The van der Waals surface area contributed by atoms with E-state index in [0.29, 0.717) is 12.1 Å². The molecule has 0 fully saturated rings. The van der Waals surface area contributed by atoms with Crippen LogP contribution in [0.4, 0.5) is 11.4 Å². The quantitative estimate of drug-likeness (QED) is 0.794. The highest BCUT2D eigenvalue weighted by Crippen LogP contribution is 2.34. The molecule has 1 N–H and O–H groups in total. The number of aromatic amines is 1.